The SMILES string of the molecule is Cl.O=S(=O)(NCC(F)(F)F)NC1CCN(CC2CCCNC2)CC1. The zero-order valence-corrected chi connectivity index (χ0v) is 15.1. The van der Waals surface area contributed by atoms with Crippen molar-refractivity contribution >= 4 is 22.6 Å². The monoisotopic (exact) mass is 394 g/mol. The second-order valence-corrected chi connectivity index (χ2v) is 7.88. The standard InChI is InChI=1S/C13H25F3N4O2S.ClH/c14-13(15,16)10-18-23(21,22)19-12-3-6-20(7-4-12)9-11-2-1-5-17-8-11;/h11-12,17-19H,1-10H2;1H. The van der Waals surface area contributed by atoms with Gasteiger partial charge in [0.05, 0.1) is 0 Å². The molecule has 3 N–H and O–H groups in total. The maximum atomic E-state index is 12.1. The van der Waals surface area contributed by atoms with E-state index < -0.39 is 22.9 Å². The van der Waals surface area contributed by atoms with Crippen molar-refractivity contribution in [3.63, 3.8) is 0 Å². The lowest BCUT2D eigenvalue weighted by Crippen LogP contribution is -2.50. The molecule has 144 valence electrons. The molecular weight excluding hydrogens is 369 g/mol. The van der Waals surface area contributed by atoms with Gasteiger partial charge < -0.3 is 10.2 Å². The van der Waals surface area contributed by atoms with Gasteiger partial charge in [0.15, 0.2) is 0 Å². The number of likely N-dealkylation sites (tertiary alicyclic amines) is 1. The Kier molecular flexibility index (Phi) is 8.71. The van der Waals surface area contributed by atoms with Crippen molar-refractivity contribution in [2.45, 2.75) is 37.9 Å². The summed E-state index contributed by atoms with van der Waals surface area (Å²) in [5, 5.41) is 3.37. The molecule has 2 aliphatic heterocycles. The van der Waals surface area contributed by atoms with E-state index in [-0.39, 0.29) is 18.4 Å². The van der Waals surface area contributed by atoms with E-state index in [1.165, 1.54) is 17.6 Å². The maximum Gasteiger partial charge on any atom is 0.402 e. The van der Waals surface area contributed by atoms with Gasteiger partial charge in [-0.3, -0.25) is 0 Å². The fourth-order valence-electron chi connectivity index (χ4n) is 3.12. The first-order valence-corrected chi connectivity index (χ1v) is 9.48. The number of hydrogen-bond acceptors (Lipinski definition) is 4. The summed E-state index contributed by atoms with van der Waals surface area (Å²) in [4.78, 5) is 2.31. The van der Waals surface area contributed by atoms with Crippen LogP contribution in [-0.2, 0) is 10.2 Å². The predicted octanol–water partition coefficient (Wildman–Crippen LogP) is 0.858. The second kappa shape index (κ2) is 9.54. The second-order valence-electron chi connectivity index (χ2n) is 6.34. The molecule has 0 radical (unpaired) electrons. The summed E-state index contributed by atoms with van der Waals surface area (Å²) in [6, 6.07) is -0.304. The first kappa shape index (κ1) is 21.9. The molecule has 11 heteroatoms. The van der Waals surface area contributed by atoms with Crippen LogP contribution >= 0.6 is 12.4 Å². The van der Waals surface area contributed by atoms with Gasteiger partial charge in [0, 0.05) is 12.6 Å². The van der Waals surface area contributed by atoms with Gasteiger partial charge in [-0.05, 0) is 57.8 Å². The highest BCUT2D eigenvalue weighted by Crippen LogP contribution is 2.17. The fourth-order valence-corrected chi connectivity index (χ4v) is 4.23. The third-order valence-electron chi connectivity index (χ3n) is 4.29. The Morgan fingerprint density at radius 3 is 2.38 bits per heavy atom. The molecule has 0 bridgehead atoms. The quantitative estimate of drug-likeness (QED) is 0.624. The zero-order valence-electron chi connectivity index (χ0n) is 13.4. The van der Waals surface area contributed by atoms with E-state index >= 15 is 0 Å². The van der Waals surface area contributed by atoms with Crippen molar-refractivity contribution in [3.05, 3.63) is 0 Å². The molecular formula is C13H26ClF3N4O2S. The van der Waals surface area contributed by atoms with Crippen molar-refractivity contribution < 1.29 is 21.6 Å². The van der Waals surface area contributed by atoms with E-state index in [0.29, 0.717) is 18.8 Å². The van der Waals surface area contributed by atoms with Crippen molar-refractivity contribution in [3.8, 4) is 0 Å². The summed E-state index contributed by atoms with van der Waals surface area (Å²) in [7, 11) is -4.11. The Morgan fingerprint density at radius 1 is 1.17 bits per heavy atom. The van der Waals surface area contributed by atoms with Crippen LogP contribution in [0.1, 0.15) is 25.7 Å². The van der Waals surface area contributed by atoms with Crippen LogP contribution in [0.15, 0.2) is 0 Å². The Labute approximate surface area is 147 Å². The van der Waals surface area contributed by atoms with Gasteiger partial charge in [-0.25, -0.2) is 0 Å². The van der Waals surface area contributed by atoms with E-state index in [0.717, 1.165) is 32.7 Å². The van der Waals surface area contributed by atoms with Gasteiger partial charge in [-0.15, -0.1) is 12.4 Å². The van der Waals surface area contributed by atoms with Gasteiger partial charge >= 0.3 is 6.18 Å². The summed E-state index contributed by atoms with van der Waals surface area (Å²) in [5.41, 5.74) is 0. The number of piperidine rings is 2. The molecule has 0 aromatic carbocycles. The lowest BCUT2D eigenvalue weighted by Gasteiger charge is -2.35. The lowest BCUT2D eigenvalue weighted by molar-refractivity contribution is -0.121. The van der Waals surface area contributed by atoms with Crippen molar-refractivity contribution in [2.75, 3.05) is 39.3 Å². The highest BCUT2D eigenvalue weighted by molar-refractivity contribution is 7.87. The fraction of sp³-hybridized carbons (Fsp3) is 1.00. The molecule has 2 fully saturated rings. The molecule has 2 saturated heterocycles. The van der Waals surface area contributed by atoms with E-state index in [1.54, 1.807) is 0 Å². The number of alkyl halides is 3. The molecule has 1 unspecified atom stereocenters. The Balaban J connectivity index is 0.00000288. The van der Waals surface area contributed by atoms with Crippen LogP contribution in [0.4, 0.5) is 13.2 Å². The first-order valence-electron chi connectivity index (χ1n) is 8.00. The average Bonchev–Trinajstić information content (AvgIpc) is 2.48. The van der Waals surface area contributed by atoms with Gasteiger partial charge in [0.25, 0.3) is 10.2 Å². The number of nitrogens with one attached hydrogen (secondary N) is 3. The molecule has 1 atom stereocenters. The number of halogens is 4. The zero-order chi connectivity index (χ0) is 16.9. The van der Waals surface area contributed by atoms with Crippen molar-refractivity contribution in [1.29, 1.82) is 0 Å². The van der Waals surface area contributed by atoms with E-state index in [4.69, 9.17) is 0 Å². The van der Waals surface area contributed by atoms with Crippen LogP contribution in [0.3, 0.4) is 0 Å². The summed E-state index contributed by atoms with van der Waals surface area (Å²) in [6.45, 7) is 3.08. The maximum absolute atomic E-state index is 12.1. The molecule has 2 aliphatic rings. The Hall–Kier alpha value is -0.130. The van der Waals surface area contributed by atoms with Crippen molar-refractivity contribution in [1.82, 2.24) is 19.7 Å². The normalized spacial score (nSPS) is 24.5. The average molecular weight is 395 g/mol. The molecule has 2 rings (SSSR count). The van der Waals surface area contributed by atoms with Crippen LogP contribution < -0.4 is 14.8 Å². The van der Waals surface area contributed by atoms with Gasteiger partial charge in [0.1, 0.15) is 6.54 Å². The minimum Gasteiger partial charge on any atom is -0.316 e. The van der Waals surface area contributed by atoms with E-state index in [1.807, 2.05) is 0 Å². The van der Waals surface area contributed by atoms with Crippen molar-refractivity contribution in [2.24, 2.45) is 5.92 Å². The minimum atomic E-state index is -4.55. The largest absolute Gasteiger partial charge is 0.402 e. The van der Waals surface area contributed by atoms with Crippen LogP contribution in [0, 0.1) is 5.92 Å². The van der Waals surface area contributed by atoms with Gasteiger partial charge in [-0.2, -0.15) is 31.0 Å². The third kappa shape index (κ3) is 8.30. The number of nitrogens with zero attached hydrogens (tertiary/aromatic N) is 1. The van der Waals surface area contributed by atoms with Crippen LogP contribution in [0.5, 0.6) is 0 Å². The third-order valence-corrected chi connectivity index (χ3v) is 5.46. The number of hydrogen-bond donors (Lipinski definition) is 3. The molecule has 2 heterocycles. The van der Waals surface area contributed by atoms with Crippen LogP contribution in [0.25, 0.3) is 0 Å². The summed E-state index contributed by atoms with van der Waals surface area (Å²) >= 11 is 0. The molecule has 0 amide bonds. The highest BCUT2D eigenvalue weighted by Gasteiger charge is 2.31. The minimum absolute atomic E-state index is 0. The van der Waals surface area contributed by atoms with E-state index in [2.05, 4.69) is 14.9 Å². The first-order chi connectivity index (χ1) is 10.7. The van der Waals surface area contributed by atoms with Gasteiger partial charge in [0.2, 0.25) is 0 Å². The lowest BCUT2D eigenvalue weighted by atomic mass is 9.97. The molecule has 0 spiro atoms. The highest BCUT2D eigenvalue weighted by atomic mass is 35.5. The summed E-state index contributed by atoms with van der Waals surface area (Å²) < 4.78 is 63.3. The molecule has 6 nitrogen and oxygen atoms in total. The summed E-state index contributed by atoms with van der Waals surface area (Å²) in [6.07, 6.45) is -0.918. The Bertz CT molecular complexity index is 464. The van der Waals surface area contributed by atoms with Gasteiger partial charge in [-0.1, -0.05) is 0 Å². The van der Waals surface area contributed by atoms with Crippen LogP contribution in [-0.4, -0.2) is 64.8 Å². The Morgan fingerprint density at radius 2 is 1.83 bits per heavy atom. The molecule has 0 aliphatic carbocycles. The molecule has 0 aromatic heterocycles. The topological polar surface area (TPSA) is 73.5 Å². The summed E-state index contributed by atoms with van der Waals surface area (Å²) in [5.74, 6) is 0.630. The molecule has 0 aromatic rings. The van der Waals surface area contributed by atoms with Crippen LogP contribution in [0.2, 0.25) is 0 Å². The number of rotatable bonds is 6. The predicted molar refractivity (Wildman–Crippen MR) is 88.4 cm³/mol. The molecule has 24 heavy (non-hydrogen) atoms. The molecule has 0 saturated carbocycles. The van der Waals surface area contributed by atoms with E-state index in [9.17, 15) is 21.6 Å². The smallest absolute Gasteiger partial charge is 0.316 e.